The fourth-order valence-electron chi connectivity index (χ4n) is 1.32. The summed E-state index contributed by atoms with van der Waals surface area (Å²) >= 11 is 0. The molecule has 0 fully saturated rings. The molecule has 0 aliphatic heterocycles. The number of primary amides is 1. The minimum atomic E-state index is -0.745. The molecular weight excluding hydrogens is 238 g/mol. The Labute approximate surface area is 105 Å². The van der Waals surface area contributed by atoms with Crippen LogP contribution in [0.2, 0.25) is 0 Å². The first kappa shape index (κ1) is 13.6. The van der Waals surface area contributed by atoms with E-state index >= 15 is 0 Å². The van der Waals surface area contributed by atoms with Crippen molar-refractivity contribution in [2.75, 3.05) is 21.3 Å². The van der Waals surface area contributed by atoms with E-state index in [1.807, 2.05) is 0 Å². The van der Waals surface area contributed by atoms with Crippen LogP contribution in [-0.4, -0.2) is 33.6 Å². The highest BCUT2D eigenvalue weighted by Gasteiger charge is 2.10. The Bertz CT molecular complexity index is 460. The number of hydrogen-bond donors (Lipinski definition) is 2. The van der Waals surface area contributed by atoms with E-state index in [1.54, 1.807) is 12.1 Å². The Balaban J connectivity index is 3.09. The number of benzene rings is 1. The summed E-state index contributed by atoms with van der Waals surface area (Å²) in [6.07, 6.45) is 1.39. The molecule has 0 aliphatic carbocycles. The van der Waals surface area contributed by atoms with Crippen LogP contribution in [0.15, 0.2) is 17.2 Å². The summed E-state index contributed by atoms with van der Waals surface area (Å²) in [5, 5.41) is 3.65. The number of carbonyl (C=O) groups excluding carboxylic acids is 1. The third-order valence-electron chi connectivity index (χ3n) is 2.11. The smallest absolute Gasteiger partial charge is 0.332 e. The van der Waals surface area contributed by atoms with Gasteiger partial charge in [0.05, 0.1) is 27.5 Å². The first-order valence-electron chi connectivity index (χ1n) is 5.01. The maximum absolute atomic E-state index is 10.5. The van der Waals surface area contributed by atoms with Crippen LogP contribution < -0.4 is 25.4 Å². The van der Waals surface area contributed by atoms with Crippen molar-refractivity contribution in [2.24, 2.45) is 10.8 Å². The fourth-order valence-corrected chi connectivity index (χ4v) is 1.32. The maximum atomic E-state index is 10.5. The van der Waals surface area contributed by atoms with Gasteiger partial charge in [-0.25, -0.2) is 10.2 Å². The van der Waals surface area contributed by atoms with Crippen LogP contribution in [0.3, 0.4) is 0 Å². The third kappa shape index (κ3) is 3.27. The summed E-state index contributed by atoms with van der Waals surface area (Å²) in [4.78, 5) is 10.5. The number of nitrogens with one attached hydrogen (secondary N) is 1. The molecule has 1 aromatic rings. The van der Waals surface area contributed by atoms with E-state index < -0.39 is 6.03 Å². The molecule has 3 N–H and O–H groups in total. The van der Waals surface area contributed by atoms with Gasteiger partial charge in [-0.3, -0.25) is 0 Å². The van der Waals surface area contributed by atoms with Crippen LogP contribution in [0.1, 0.15) is 5.56 Å². The molecule has 0 aliphatic rings. The van der Waals surface area contributed by atoms with Crippen LogP contribution in [0.4, 0.5) is 4.79 Å². The van der Waals surface area contributed by atoms with Crippen molar-refractivity contribution in [1.29, 1.82) is 0 Å². The SMILES string of the molecule is COc1cc(OC)c(OC)cc1/C=N\NC(N)=O. The van der Waals surface area contributed by atoms with Crippen molar-refractivity contribution in [3.05, 3.63) is 17.7 Å². The number of ether oxygens (including phenoxy) is 3. The maximum Gasteiger partial charge on any atom is 0.332 e. The number of hydrogen-bond acceptors (Lipinski definition) is 5. The first-order chi connectivity index (χ1) is 8.62. The summed E-state index contributed by atoms with van der Waals surface area (Å²) in [5.74, 6) is 1.59. The Morgan fingerprint density at radius 2 is 1.72 bits per heavy atom. The molecule has 0 atom stereocenters. The molecule has 0 bridgehead atoms. The van der Waals surface area contributed by atoms with Gasteiger partial charge < -0.3 is 19.9 Å². The molecule has 0 radical (unpaired) electrons. The minimum absolute atomic E-state index is 0.527. The van der Waals surface area contributed by atoms with Gasteiger partial charge in [-0.15, -0.1) is 0 Å². The number of carbonyl (C=O) groups is 1. The molecule has 1 rings (SSSR count). The molecule has 7 nitrogen and oxygen atoms in total. The summed E-state index contributed by atoms with van der Waals surface area (Å²) in [6.45, 7) is 0. The molecule has 0 unspecified atom stereocenters. The molecule has 0 saturated carbocycles. The molecule has 0 saturated heterocycles. The van der Waals surface area contributed by atoms with Crippen molar-refractivity contribution in [3.8, 4) is 17.2 Å². The van der Waals surface area contributed by atoms with Crippen LogP contribution in [0, 0.1) is 0 Å². The molecule has 2 amide bonds. The zero-order valence-corrected chi connectivity index (χ0v) is 10.4. The monoisotopic (exact) mass is 253 g/mol. The van der Waals surface area contributed by atoms with Crippen molar-refractivity contribution >= 4 is 12.2 Å². The Morgan fingerprint density at radius 1 is 1.17 bits per heavy atom. The molecule has 0 aromatic heterocycles. The predicted molar refractivity (Wildman–Crippen MR) is 66.4 cm³/mol. The Kier molecular flexibility index (Phi) is 4.79. The Morgan fingerprint density at radius 3 is 2.22 bits per heavy atom. The normalized spacial score (nSPS) is 10.2. The summed E-state index contributed by atoms with van der Waals surface area (Å²) in [6, 6.07) is 2.58. The van der Waals surface area contributed by atoms with Gasteiger partial charge in [0.2, 0.25) is 0 Å². The minimum Gasteiger partial charge on any atom is -0.496 e. The molecule has 1 aromatic carbocycles. The first-order valence-corrected chi connectivity index (χ1v) is 5.01. The zero-order chi connectivity index (χ0) is 13.5. The van der Waals surface area contributed by atoms with Crippen molar-refractivity contribution in [3.63, 3.8) is 0 Å². The van der Waals surface area contributed by atoms with E-state index in [0.29, 0.717) is 22.8 Å². The van der Waals surface area contributed by atoms with Gasteiger partial charge in [-0.2, -0.15) is 5.10 Å². The highest BCUT2D eigenvalue weighted by molar-refractivity contribution is 5.86. The number of nitrogens with zero attached hydrogens (tertiary/aromatic N) is 1. The lowest BCUT2D eigenvalue weighted by Gasteiger charge is -2.11. The Hall–Kier alpha value is -2.44. The molecule has 0 spiro atoms. The van der Waals surface area contributed by atoms with E-state index in [9.17, 15) is 4.79 Å². The molecule has 18 heavy (non-hydrogen) atoms. The van der Waals surface area contributed by atoms with Crippen LogP contribution in [0.5, 0.6) is 17.2 Å². The topological polar surface area (TPSA) is 95.2 Å². The van der Waals surface area contributed by atoms with E-state index in [2.05, 4.69) is 10.5 Å². The van der Waals surface area contributed by atoms with Gasteiger partial charge in [0, 0.05) is 11.6 Å². The summed E-state index contributed by atoms with van der Waals surface area (Å²) in [5.41, 5.74) is 7.60. The second-order valence-corrected chi connectivity index (χ2v) is 3.18. The van der Waals surface area contributed by atoms with Crippen LogP contribution >= 0.6 is 0 Å². The van der Waals surface area contributed by atoms with Crippen molar-refractivity contribution < 1.29 is 19.0 Å². The van der Waals surface area contributed by atoms with Gasteiger partial charge in [-0.05, 0) is 6.07 Å². The number of urea groups is 1. The standard InChI is InChI=1S/C11H15N3O4/c1-16-8-5-10(18-3)9(17-2)4-7(8)6-13-14-11(12)15/h4-6H,1-3H3,(H3,12,14,15)/b13-6-. The lowest BCUT2D eigenvalue weighted by Crippen LogP contribution is -2.24. The lowest BCUT2D eigenvalue weighted by atomic mass is 10.2. The third-order valence-corrected chi connectivity index (χ3v) is 2.11. The fraction of sp³-hybridized carbons (Fsp3) is 0.273. The number of methoxy groups -OCH3 is 3. The van der Waals surface area contributed by atoms with Gasteiger partial charge in [0.1, 0.15) is 5.75 Å². The molecule has 7 heteroatoms. The molecule has 98 valence electrons. The molecular formula is C11H15N3O4. The van der Waals surface area contributed by atoms with E-state index in [0.717, 1.165) is 0 Å². The quantitative estimate of drug-likeness (QED) is 0.597. The number of nitrogens with two attached hydrogens (primary N) is 1. The average Bonchev–Trinajstić information content (AvgIpc) is 2.37. The largest absolute Gasteiger partial charge is 0.496 e. The van der Waals surface area contributed by atoms with Gasteiger partial charge in [-0.1, -0.05) is 0 Å². The number of hydrazone groups is 1. The summed E-state index contributed by atoms with van der Waals surface area (Å²) < 4.78 is 15.5. The second-order valence-electron chi connectivity index (χ2n) is 3.18. The second kappa shape index (κ2) is 6.33. The van der Waals surface area contributed by atoms with E-state index in [4.69, 9.17) is 19.9 Å². The van der Waals surface area contributed by atoms with Crippen molar-refractivity contribution in [1.82, 2.24) is 5.43 Å². The van der Waals surface area contributed by atoms with Crippen molar-refractivity contribution in [2.45, 2.75) is 0 Å². The highest BCUT2D eigenvalue weighted by atomic mass is 16.5. The van der Waals surface area contributed by atoms with Gasteiger partial charge in [0.25, 0.3) is 0 Å². The summed E-state index contributed by atoms with van der Waals surface area (Å²) in [7, 11) is 4.56. The number of rotatable bonds is 5. The molecule has 0 heterocycles. The van der Waals surface area contributed by atoms with E-state index in [-0.39, 0.29) is 0 Å². The zero-order valence-electron chi connectivity index (χ0n) is 10.4. The average molecular weight is 253 g/mol. The van der Waals surface area contributed by atoms with E-state index in [1.165, 1.54) is 27.5 Å². The van der Waals surface area contributed by atoms with Crippen LogP contribution in [-0.2, 0) is 0 Å². The lowest BCUT2D eigenvalue weighted by molar-refractivity contribution is 0.249. The van der Waals surface area contributed by atoms with Gasteiger partial charge >= 0.3 is 6.03 Å². The van der Waals surface area contributed by atoms with Gasteiger partial charge in [0.15, 0.2) is 11.5 Å². The predicted octanol–water partition coefficient (Wildman–Crippen LogP) is 0.715. The highest BCUT2D eigenvalue weighted by Crippen LogP contribution is 2.33. The number of amides is 2. The van der Waals surface area contributed by atoms with Crippen LogP contribution in [0.25, 0.3) is 0 Å².